The topological polar surface area (TPSA) is 44.2 Å². The van der Waals surface area contributed by atoms with Gasteiger partial charge in [0.25, 0.3) is 0 Å². The van der Waals surface area contributed by atoms with Crippen LogP contribution in [0.2, 0.25) is 5.15 Å². The minimum atomic E-state index is 0.173. The van der Waals surface area contributed by atoms with E-state index in [0.29, 0.717) is 17.0 Å². The third-order valence-electron chi connectivity index (χ3n) is 3.05. The van der Waals surface area contributed by atoms with Crippen LogP contribution in [0.3, 0.4) is 0 Å². The van der Waals surface area contributed by atoms with Crippen molar-refractivity contribution in [3.8, 4) is 5.88 Å². The lowest BCUT2D eigenvalue weighted by Gasteiger charge is -2.29. The van der Waals surface area contributed by atoms with Crippen molar-refractivity contribution in [3.63, 3.8) is 0 Å². The van der Waals surface area contributed by atoms with Crippen molar-refractivity contribution in [2.75, 3.05) is 13.2 Å². The Hall–Kier alpha value is -0.870. The number of aromatic nitrogens is 2. The normalized spacial score (nSPS) is 18.9. The number of halogens is 1. The van der Waals surface area contributed by atoms with E-state index in [2.05, 4.69) is 16.9 Å². The van der Waals surface area contributed by atoms with Crippen LogP contribution in [0.25, 0.3) is 0 Å². The summed E-state index contributed by atoms with van der Waals surface area (Å²) in [5.74, 6) is 1.05. The second-order valence-corrected chi connectivity index (χ2v) is 4.58. The van der Waals surface area contributed by atoms with Gasteiger partial charge in [0.2, 0.25) is 5.88 Å². The van der Waals surface area contributed by atoms with Crippen LogP contribution >= 0.6 is 11.6 Å². The number of ether oxygens (including phenoxy) is 2. The van der Waals surface area contributed by atoms with Crippen LogP contribution in [0.4, 0.5) is 0 Å². The molecule has 1 saturated heterocycles. The molecule has 4 nitrogen and oxygen atoms in total. The van der Waals surface area contributed by atoms with Gasteiger partial charge in [0, 0.05) is 19.1 Å². The zero-order valence-corrected chi connectivity index (χ0v) is 10.7. The second kappa shape index (κ2) is 6.17. The SMILES string of the molecule is CCC(Oc1cncc(Cl)n1)C1CCOCC1. The highest BCUT2D eigenvalue weighted by Gasteiger charge is 2.24. The molecule has 0 bridgehead atoms. The van der Waals surface area contributed by atoms with Crippen LogP contribution in [0, 0.1) is 5.92 Å². The molecule has 1 aromatic heterocycles. The van der Waals surface area contributed by atoms with Gasteiger partial charge in [0.15, 0.2) is 5.15 Å². The van der Waals surface area contributed by atoms with E-state index in [4.69, 9.17) is 21.1 Å². The summed E-state index contributed by atoms with van der Waals surface area (Å²) in [5, 5.41) is 0.365. The Morgan fingerprint density at radius 3 is 2.88 bits per heavy atom. The van der Waals surface area contributed by atoms with Crippen molar-refractivity contribution in [2.45, 2.75) is 32.3 Å². The van der Waals surface area contributed by atoms with E-state index in [-0.39, 0.29) is 6.10 Å². The summed E-state index contributed by atoms with van der Waals surface area (Å²) < 4.78 is 11.2. The van der Waals surface area contributed by atoms with Crippen LogP contribution in [0.1, 0.15) is 26.2 Å². The third-order valence-corrected chi connectivity index (χ3v) is 3.23. The Morgan fingerprint density at radius 2 is 2.24 bits per heavy atom. The quantitative estimate of drug-likeness (QED) is 0.831. The van der Waals surface area contributed by atoms with E-state index in [1.54, 1.807) is 6.20 Å². The average Bonchev–Trinajstić information content (AvgIpc) is 2.37. The molecule has 0 N–H and O–H groups in total. The lowest BCUT2D eigenvalue weighted by atomic mass is 9.92. The highest BCUT2D eigenvalue weighted by Crippen LogP contribution is 2.24. The lowest BCUT2D eigenvalue weighted by Crippen LogP contribution is -2.31. The maximum atomic E-state index is 5.87. The minimum absolute atomic E-state index is 0.173. The molecule has 2 heterocycles. The van der Waals surface area contributed by atoms with Crippen LogP contribution in [-0.2, 0) is 4.74 Å². The molecule has 1 aliphatic heterocycles. The summed E-state index contributed by atoms with van der Waals surface area (Å²) in [7, 11) is 0. The molecule has 0 saturated carbocycles. The minimum Gasteiger partial charge on any atom is -0.473 e. The largest absolute Gasteiger partial charge is 0.473 e. The summed E-state index contributed by atoms with van der Waals surface area (Å²) in [6.07, 6.45) is 6.34. The first-order valence-corrected chi connectivity index (χ1v) is 6.39. The Bertz CT molecular complexity index is 356. The molecule has 1 unspecified atom stereocenters. The molecule has 1 atom stereocenters. The van der Waals surface area contributed by atoms with Gasteiger partial charge in [-0.15, -0.1) is 0 Å². The van der Waals surface area contributed by atoms with Gasteiger partial charge in [-0.1, -0.05) is 18.5 Å². The Kier molecular flexibility index (Phi) is 4.57. The first kappa shape index (κ1) is 12.6. The highest BCUT2D eigenvalue weighted by atomic mass is 35.5. The average molecular weight is 257 g/mol. The Labute approximate surface area is 106 Å². The van der Waals surface area contributed by atoms with Crippen molar-refractivity contribution < 1.29 is 9.47 Å². The van der Waals surface area contributed by atoms with Crippen LogP contribution in [0.15, 0.2) is 12.4 Å². The number of hydrogen-bond acceptors (Lipinski definition) is 4. The first-order valence-electron chi connectivity index (χ1n) is 6.01. The monoisotopic (exact) mass is 256 g/mol. The number of hydrogen-bond donors (Lipinski definition) is 0. The standard InChI is InChI=1S/C12H17ClN2O2/c1-2-10(9-3-5-16-6-4-9)17-12-8-14-7-11(13)15-12/h7-10H,2-6H2,1H3. The smallest absolute Gasteiger partial charge is 0.234 e. The van der Waals surface area contributed by atoms with Crippen molar-refractivity contribution in [2.24, 2.45) is 5.92 Å². The summed E-state index contributed by atoms with van der Waals surface area (Å²) in [4.78, 5) is 8.08. The van der Waals surface area contributed by atoms with Crippen molar-refractivity contribution in [1.82, 2.24) is 9.97 Å². The summed E-state index contributed by atoms with van der Waals surface area (Å²) in [5.41, 5.74) is 0. The fourth-order valence-electron chi connectivity index (χ4n) is 2.14. The molecule has 1 aromatic rings. The van der Waals surface area contributed by atoms with Gasteiger partial charge >= 0.3 is 0 Å². The van der Waals surface area contributed by atoms with E-state index in [1.165, 1.54) is 6.20 Å². The van der Waals surface area contributed by atoms with Gasteiger partial charge in [-0.05, 0) is 19.3 Å². The van der Waals surface area contributed by atoms with Gasteiger partial charge in [-0.3, -0.25) is 4.98 Å². The van der Waals surface area contributed by atoms with Gasteiger partial charge in [0.1, 0.15) is 6.10 Å². The van der Waals surface area contributed by atoms with E-state index < -0.39 is 0 Å². The molecule has 0 radical (unpaired) electrons. The number of nitrogens with zero attached hydrogens (tertiary/aromatic N) is 2. The van der Waals surface area contributed by atoms with Crippen LogP contribution < -0.4 is 4.74 Å². The Morgan fingerprint density at radius 1 is 1.47 bits per heavy atom. The summed E-state index contributed by atoms with van der Waals surface area (Å²) in [6.45, 7) is 3.77. The highest BCUT2D eigenvalue weighted by molar-refractivity contribution is 6.29. The van der Waals surface area contributed by atoms with Crippen LogP contribution in [-0.4, -0.2) is 29.3 Å². The van der Waals surface area contributed by atoms with E-state index in [9.17, 15) is 0 Å². The van der Waals surface area contributed by atoms with Crippen molar-refractivity contribution >= 4 is 11.6 Å². The van der Waals surface area contributed by atoms with Crippen molar-refractivity contribution in [3.05, 3.63) is 17.5 Å². The predicted molar refractivity (Wildman–Crippen MR) is 65.3 cm³/mol. The lowest BCUT2D eigenvalue weighted by molar-refractivity contribution is 0.0151. The molecule has 0 amide bonds. The predicted octanol–water partition coefficient (Wildman–Crippen LogP) is 2.71. The fourth-order valence-corrected chi connectivity index (χ4v) is 2.28. The molecule has 2 rings (SSSR count). The molecule has 17 heavy (non-hydrogen) atoms. The fraction of sp³-hybridized carbons (Fsp3) is 0.667. The molecule has 0 aromatic carbocycles. The third kappa shape index (κ3) is 3.54. The molecular weight excluding hydrogens is 240 g/mol. The number of rotatable bonds is 4. The van der Waals surface area contributed by atoms with E-state index >= 15 is 0 Å². The van der Waals surface area contributed by atoms with Gasteiger partial charge in [0.05, 0.1) is 12.4 Å². The second-order valence-electron chi connectivity index (χ2n) is 4.19. The molecule has 1 aliphatic rings. The molecule has 0 aliphatic carbocycles. The summed E-state index contributed by atoms with van der Waals surface area (Å²) in [6, 6.07) is 0. The Balaban J connectivity index is 1.98. The molecule has 1 fully saturated rings. The first-order chi connectivity index (χ1) is 8.29. The zero-order valence-electron chi connectivity index (χ0n) is 9.93. The van der Waals surface area contributed by atoms with Gasteiger partial charge in [-0.2, -0.15) is 4.98 Å². The molecule has 5 heteroatoms. The molecule has 94 valence electrons. The molecule has 0 spiro atoms. The maximum absolute atomic E-state index is 5.87. The van der Waals surface area contributed by atoms with E-state index in [0.717, 1.165) is 32.5 Å². The van der Waals surface area contributed by atoms with E-state index in [1.807, 2.05) is 0 Å². The zero-order chi connectivity index (χ0) is 12.1. The summed E-state index contributed by atoms with van der Waals surface area (Å²) >= 11 is 5.78. The van der Waals surface area contributed by atoms with Crippen LogP contribution in [0.5, 0.6) is 5.88 Å². The molecular formula is C12H17ClN2O2. The maximum Gasteiger partial charge on any atom is 0.234 e. The van der Waals surface area contributed by atoms with Gasteiger partial charge < -0.3 is 9.47 Å². The van der Waals surface area contributed by atoms with Gasteiger partial charge in [-0.25, -0.2) is 0 Å². The van der Waals surface area contributed by atoms with Crippen molar-refractivity contribution in [1.29, 1.82) is 0 Å².